The van der Waals surface area contributed by atoms with Crippen molar-refractivity contribution in [3.63, 3.8) is 0 Å². The molecule has 0 spiro atoms. The van der Waals surface area contributed by atoms with E-state index in [1.165, 1.54) is 82.9 Å². The summed E-state index contributed by atoms with van der Waals surface area (Å²) >= 11 is 0. The molecule has 1 aromatic carbocycles. The summed E-state index contributed by atoms with van der Waals surface area (Å²) in [4.78, 5) is 40.7. The first-order valence-corrected chi connectivity index (χ1v) is 14.5. The summed E-state index contributed by atoms with van der Waals surface area (Å²) in [6.45, 7) is 6.19. The van der Waals surface area contributed by atoms with E-state index in [9.17, 15) is 19.5 Å². The highest BCUT2D eigenvalue weighted by molar-refractivity contribution is 6.22. The number of benzene rings is 1. The molecule has 1 aliphatic heterocycles. The van der Waals surface area contributed by atoms with Gasteiger partial charge in [0.15, 0.2) is 0 Å². The smallest absolute Gasteiger partial charge is 0.364 e. The van der Waals surface area contributed by atoms with E-state index in [-0.39, 0.29) is 24.2 Å². The van der Waals surface area contributed by atoms with Crippen LogP contribution in [0.4, 0.5) is 0 Å². The van der Waals surface area contributed by atoms with Gasteiger partial charge in [-0.15, -0.1) is 0 Å². The molecule has 0 aliphatic carbocycles. The number of rotatable bonds is 18. The Morgan fingerprint density at radius 2 is 1.32 bits per heavy atom. The van der Waals surface area contributed by atoms with Crippen molar-refractivity contribution < 1.29 is 34.1 Å². The fourth-order valence-corrected chi connectivity index (χ4v) is 4.69. The molecular weight excluding hydrogens is 484 g/mol. The van der Waals surface area contributed by atoms with E-state index in [2.05, 4.69) is 25.9 Å². The summed E-state index contributed by atoms with van der Waals surface area (Å²) < 4.78 is 0.903. The summed E-state index contributed by atoms with van der Waals surface area (Å²) in [5.74, 6) is -2.05. The molecule has 1 heterocycles. The number of carbonyl (C=O) groups excluding carboxylic acids is 3. The van der Waals surface area contributed by atoms with Gasteiger partial charge < -0.3 is 9.59 Å². The van der Waals surface area contributed by atoms with Crippen molar-refractivity contribution in [2.45, 2.75) is 103 Å². The Hall–Kier alpha value is -2.29. The van der Waals surface area contributed by atoms with E-state index < -0.39 is 23.8 Å². The van der Waals surface area contributed by atoms with Crippen LogP contribution in [0.25, 0.3) is 0 Å². The van der Waals surface area contributed by atoms with Gasteiger partial charge in [0.25, 0.3) is 11.8 Å². The zero-order valence-corrected chi connectivity index (χ0v) is 24.1. The standard InChI is InChI=1S/C16H35NO.C14H15NO5/c1-4-5-6-7-8-9-10-11-12-13-14-17(2,3)15-16-18;1-2-3-8-11(14(18)20-19)15-12(16)9-6-4-5-7-10(9)13(15)17/h4-16H2,1-3H3;4-7,11,19H,2-3,8H2,1H3. The molecule has 0 fully saturated rings. The van der Waals surface area contributed by atoms with Crippen LogP contribution in [0.1, 0.15) is 118 Å². The minimum atomic E-state index is -1.09. The lowest BCUT2D eigenvalue weighted by Gasteiger charge is -2.31. The number of imide groups is 1. The predicted molar refractivity (Wildman–Crippen MR) is 148 cm³/mol. The summed E-state index contributed by atoms with van der Waals surface area (Å²) in [6, 6.07) is 5.29. The molecule has 0 saturated carbocycles. The lowest BCUT2D eigenvalue weighted by atomic mass is 10.1. The van der Waals surface area contributed by atoms with Gasteiger partial charge in [-0.25, -0.2) is 4.79 Å². The van der Waals surface area contributed by atoms with E-state index >= 15 is 0 Å². The second-order valence-corrected chi connectivity index (χ2v) is 10.9. The molecule has 0 radical (unpaired) electrons. The fourth-order valence-electron chi connectivity index (χ4n) is 4.69. The molecule has 1 aromatic rings. The van der Waals surface area contributed by atoms with Crippen molar-refractivity contribution in [1.82, 2.24) is 4.90 Å². The van der Waals surface area contributed by atoms with Crippen LogP contribution >= 0.6 is 0 Å². The molecule has 1 atom stereocenters. The molecule has 0 aromatic heterocycles. The van der Waals surface area contributed by atoms with Crippen LogP contribution in [0.3, 0.4) is 0 Å². The molecule has 0 saturated heterocycles. The Morgan fingerprint density at radius 3 is 1.76 bits per heavy atom. The van der Waals surface area contributed by atoms with Gasteiger partial charge >= 0.3 is 5.97 Å². The first-order valence-electron chi connectivity index (χ1n) is 14.5. The molecule has 1 unspecified atom stereocenters. The van der Waals surface area contributed by atoms with Crippen molar-refractivity contribution >= 4 is 17.8 Å². The lowest BCUT2D eigenvalue weighted by molar-refractivity contribution is -0.895. The number of likely N-dealkylation sites (N-methyl/N-ethyl adjacent to an activating group) is 1. The number of hydrogen-bond acceptors (Lipinski definition) is 6. The normalized spacial score (nSPS) is 13.7. The van der Waals surface area contributed by atoms with Crippen molar-refractivity contribution in [2.75, 3.05) is 33.8 Å². The van der Waals surface area contributed by atoms with Gasteiger partial charge in [-0.1, -0.05) is 96.8 Å². The fraction of sp³-hybridized carbons (Fsp3) is 0.700. The maximum Gasteiger partial charge on any atom is 0.364 e. The number of unbranched alkanes of at least 4 members (excludes halogenated alkanes) is 10. The van der Waals surface area contributed by atoms with Crippen LogP contribution in [0.2, 0.25) is 0 Å². The zero-order valence-electron chi connectivity index (χ0n) is 24.1. The molecule has 2 rings (SSSR count). The van der Waals surface area contributed by atoms with E-state index in [1.807, 2.05) is 6.92 Å². The highest BCUT2D eigenvalue weighted by atomic mass is 17.1. The van der Waals surface area contributed by atoms with Crippen molar-refractivity contribution in [3.05, 3.63) is 35.4 Å². The molecule has 1 aliphatic rings. The zero-order chi connectivity index (χ0) is 28.4. The Kier molecular flexibility index (Phi) is 16.8. The van der Waals surface area contributed by atoms with Gasteiger partial charge in [0.2, 0.25) is 0 Å². The van der Waals surface area contributed by atoms with Gasteiger partial charge in [0.05, 0.1) is 38.3 Å². The highest BCUT2D eigenvalue weighted by Crippen LogP contribution is 2.26. The van der Waals surface area contributed by atoms with E-state index in [0.29, 0.717) is 6.42 Å². The van der Waals surface area contributed by atoms with Crippen molar-refractivity contribution in [1.29, 1.82) is 0 Å². The second kappa shape index (κ2) is 18.9. The number of quaternary nitrogens is 1. The minimum Gasteiger partial charge on any atom is -0.850 e. The van der Waals surface area contributed by atoms with Crippen LogP contribution < -0.4 is 5.11 Å². The van der Waals surface area contributed by atoms with Gasteiger partial charge in [-0.3, -0.25) is 19.4 Å². The van der Waals surface area contributed by atoms with Gasteiger partial charge in [0, 0.05) is 0 Å². The number of fused-ring (bicyclic) bond motifs is 1. The molecule has 1 N–H and O–H groups in total. The van der Waals surface area contributed by atoms with Crippen LogP contribution in [-0.4, -0.2) is 72.3 Å². The maximum absolute atomic E-state index is 12.2. The number of nitrogens with zero attached hydrogens (tertiary/aromatic N) is 2. The van der Waals surface area contributed by atoms with Crippen LogP contribution in [0, 0.1) is 0 Å². The number of amides is 2. The summed E-state index contributed by atoms with van der Waals surface area (Å²) in [7, 11) is 4.34. The summed E-state index contributed by atoms with van der Waals surface area (Å²) in [5, 5.41) is 19.2. The molecule has 2 amide bonds. The molecule has 8 nitrogen and oxygen atoms in total. The molecule has 8 heteroatoms. The third-order valence-corrected chi connectivity index (χ3v) is 7.14. The quantitative estimate of drug-likeness (QED) is 0.0912. The van der Waals surface area contributed by atoms with Gasteiger partial charge in [-0.05, 0) is 31.4 Å². The summed E-state index contributed by atoms with van der Waals surface area (Å²) in [6.07, 6.45) is 15.6. The first kappa shape index (κ1) is 33.7. The summed E-state index contributed by atoms with van der Waals surface area (Å²) in [5.41, 5.74) is 0.537. The van der Waals surface area contributed by atoms with E-state index in [1.54, 1.807) is 12.1 Å². The van der Waals surface area contributed by atoms with Gasteiger partial charge in [0.1, 0.15) is 6.04 Å². The minimum absolute atomic E-state index is 0.0603. The molecular formula is C30H50N2O6. The number of carbonyl (C=O) groups is 3. The Labute approximate surface area is 229 Å². The third-order valence-electron chi connectivity index (χ3n) is 7.14. The Morgan fingerprint density at radius 1 is 0.842 bits per heavy atom. The number of hydrogen-bond donors (Lipinski definition) is 1. The Balaban J connectivity index is 0.000000383. The van der Waals surface area contributed by atoms with Crippen LogP contribution in [-0.2, 0) is 9.68 Å². The van der Waals surface area contributed by atoms with Gasteiger partial charge in [-0.2, -0.15) is 5.26 Å². The van der Waals surface area contributed by atoms with Crippen LogP contribution in [0.5, 0.6) is 0 Å². The van der Waals surface area contributed by atoms with Crippen molar-refractivity contribution in [3.8, 4) is 0 Å². The third kappa shape index (κ3) is 11.6. The topological polar surface area (TPSA) is 107 Å². The second-order valence-electron chi connectivity index (χ2n) is 10.9. The predicted octanol–water partition coefficient (Wildman–Crippen LogP) is 5.20. The lowest BCUT2D eigenvalue weighted by Crippen LogP contribution is -2.45. The molecule has 216 valence electrons. The average Bonchev–Trinajstić information content (AvgIpc) is 3.15. The first-order chi connectivity index (χ1) is 18.2. The van der Waals surface area contributed by atoms with Crippen molar-refractivity contribution in [2.24, 2.45) is 0 Å². The largest absolute Gasteiger partial charge is 0.850 e. The maximum atomic E-state index is 12.2. The van der Waals surface area contributed by atoms with E-state index in [0.717, 1.165) is 22.3 Å². The molecule has 0 bridgehead atoms. The Bertz CT molecular complexity index is 807. The SMILES string of the molecule is CCCCC(C(=O)OO)N1C(=O)c2ccccc2C1=O.CCCCCCCCCCCC[N+](C)(C)CC[O-]. The average molecular weight is 535 g/mol. The van der Waals surface area contributed by atoms with Crippen LogP contribution in [0.15, 0.2) is 24.3 Å². The van der Waals surface area contributed by atoms with E-state index in [4.69, 9.17) is 5.26 Å². The highest BCUT2D eigenvalue weighted by Gasteiger charge is 2.43. The molecule has 38 heavy (non-hydrogen) atoms. The monoisotopic (exact) mass is 534 g/mol.